The number of carboxylic acid groups (broad SMARTS) is 2. The maximum Gasteiger partial charge on any atom is 0.321 e. The summed E-state index contributed by atoms with van der Waals surface area (Å²) in [5.74, 6) is 1.29. The first-order valence-corrected chi connectivity index (χ1v) is 9.00. The predicted molar refractivity (Wildman–Crippen MR) is 82.7 cm³/mol. The molecule has 1 heterocycles. The average molecular weight is 322 g/mol. The minimum atomic E-state index is -0.852. The number of nitrogens with one attached hydrogen (secondary N) is 2. The monoisotopic (exact) mass is 322 g/mol. The Kier molecular flexibility index (Phi) is 9.08. The maximum atomic E-state index is 11.1. The normalized spacial score (nSPS) is 27.4. The van der Waals surface area contributed by atoms with Gasteiger partial charge in [-0.25, -0.2) is 0 Å². The first-order valence-electron chi connectivity index (χ1n) is 6.69. The van der Waals surface area contributed by atoms with Gasteiger partial charge in [-0.1, -0.05) is 0 Å². The Hall–Kier alpha value is -0.440. The van der Waals surface area contributed by atoms with E-state index >= 15 is 0 Å². The first kappa shape index (κ1) is 17.6. The molecule has 1 saturated heterocycles. The van der Waals surface area contributed by atoms with E-state index in [0.717, 1.165) is 24.3 Å². The van der Waals surface area contributed by atoms with Crippen LogP contribution in [0, 0.1) is 0 Å². The fourth-order valence-corrected chi connectivity index (χ4v) is 3.88. The van der Waals surface area contributed by atoms with E-state index in [2.05, 4.69) is 10.6 Å². The standard InChI is InChI=1S/C12H22N2O4S2/c15-11(16)9-7-19-5-1-2-6-20-8-10(12(17)18)14-4-3-13-9/h9-10,13-14H,1-8H2,(H,15,16)(H,17,18). The highest BCUT2D eigenvalue weighted by molar-refractivity contribution is 7.99. The topological polar surface area (TPSA) is 98.7 Å². The molecule has 1 aliphatic rings. The van der Waals surface area contributed by atoms with Gasteiger partial charge in [-0.3, -0.25) is 9.59 Å². The second kappa shape index (κ2) is 10.3. The van der Waals surface area contributed by atoms with E-state index in [4.69, 9.17) is 10.2 Å². The lowest BCUT2D eigenvalue weighted by molar-refractivity contribution is -0.140. The second-order valence-corrected chi connectivity index (χ2v) is 6.85. The summed E-state index contributed by atoms with van der Waals surface area (Å²) in [5.41, 5.74) is 0. The molecule has 1 rings (SSSR count). The van der Waals surface area contributed by atoms with Crippen LogP contribution in [0.2, 0.25) is 0 Å². The van der Waals surface area contributed by atoms with Crippen molar-refractivity contribution < 1.29 is 19.8 Å². The van der Waals surface area contributed by atoms with Crippen molar-refractivity contribution >= 4 is 35.5 Å². The molecule has 1 aliphatic heterocycles. The van der Waals surface area contributed by atoms with Gasteiger partial charge in [-0.05, 0) is 24.3 Å². The van der Waals surface area contributed by atoms with Crippen molar-refractivity contribution in [3.8, 4) is 0 Å². The van der Waals surface area contributed by atoms with Crippen LogP contribution in [0.5, 0.6) is 0 Å². The van der Waals surface area contributed by atoms with Gasteiger partial charge in [-0.15, -0.1) is 0 Å². The number of thioether (sulfide) groups is 2. The SMILES string of the molecule is O=C(O)C1CSCCCCSCC(C(=O)O)NCCN1. The second-order valence-electron chi connectivity index (χ2n) is 4.55. The van der Waals surface area contributed by atoms with E-state index in [-0.39, 0.29) is 0 Å². The molecule has 0 aromatic heterocycles. The Bertz CT molecular complexity index is 288. The molecule has 0 aliphatic carbocycles. The number of carbonyl (C=O) groups is 2. The summed E-state index contributed by atoms with van der Waals surface area (Å²) in [6.07, 6.45) is 2.07. The van der Waals surface area contributed by atoms with Gasteiger partial charge in [0.25, 0.3) is 0 Å². The van der Waals surface area contributed by atoms with Crippen LogP contribution in [0.3, 0.4) is 0 Å². The molecular formula is C12H22N2O4S2. The minimum absolute atomic E-state index is 0.450. The van der Waals surface area contributed by atoms with Gasteiger partial charge < -0.3 is 20.8 Å². The fourth-order valence-electron chi connectivity index (χ4n) is 1.74. The molecule has 4 N–H and O–H groups in total. The van der Waals surface area contributed by atoms with Crippen LogP contribution < -0.4 is 10.6 Å². The maximum absolute atomic E-state index is 11.1. The first-order chi connectivity index (χ1) is 9.61. The van der Waals surface area contributed by atoms with Gasteiger partial charge >= 0.3 is 11.9 Å². The number of aliphatic carboxylic acids is 2. The van der Waals surface area contributed by atoms with E-state index in [0.29, 0.717) is 24.6 Å². The summed E-state index contributed by atoms with van der Waals surface area (Å²) in [4.78, 5) is 22.1. The van der Waals surface area contributed by atoms with Crippen molar-refractivity contribution in [2.45, 2.75) is 24.9 Å². The van der Waals surface area contributed by atoms with E-state index in [1.807, 2.05) is 0 Å². The van der Waals surface area contributed by atoms with Crippen molar-refractivity contribution in [3.63, 3.8) is 0 Å². The number of carboxylic acids is 2. The summed E-state index contributed by atoms with van der Waals surface area (Å²) in [7, 11) is 0. The molecule has 0 aromatic rings. The molecule has 0 radical (unpaired) electrons. The zero-order valence-corrected chi connectivity index (χ0v) is 13.0. The summed E-state index contributed by atoms with van der Waals surface area (Å²) >= 11 is 3.31. The Morgan fingerprint density at radius 1 is 0.850 bits per heavy atom. The molecule has 6 nitrogen and oxygen atoms in total. The molecule has 116 valence electrons. The highest BCUT2D eigenvalue weighted by Gasteiger charge is 2.19. The van der Waals surface area contributed by atoms with Crippen LogP contribution in [0.1, 0.15) is 12.8 Å². The lowest BCUT2D eigenvalue weighted by Crippen LogP contribution is -2.46. The zero-order valence-electron chi connectivity index (χ0n) is 11.3. The molecule has 0 amide bonds. The van der Waals surface area contributed by atoms with Gasteiger partial charge in [0.2, 0.25) is 0 Å². The van der Waals surface area contributed by atoms with Gasteiger partial charge in [0.1, 0.15) is 12.1 Å². The molecule has 1 fully saturated rings. The van der Waals surface area contributed by atoms with Crippen LogP contribution in [0.4, 0.5) is 0 Å². The molecule has 2 unspecified atom stereocenters. The van der Waals surface area contributed by atoms with E-state index in [1.54, 1.807) is 23.5 Å². The van der Waals surface area contributed by atoms with Crippen molar-refractivity contribution in [3.05, 3.63) is 0 Å². The minimum Gasteiger partial charge on any atom is -0.480 e. The van der Waals surface area contributed by atoms with Crippen LogP contribution in [0.15, 0.2) is 0 Å². The third kappa shape index (κ3) is 7.37. The molecule has 0 bridgehead atoms. The number of rotatable bonds is 2. The third-order valence-corrected chi connectivity index (χ3v) is 5.19. The summed E-state index contributed by atoms with van der Waals surface area (Å²) in [5, 5.41) is 24.1. The van der Waals surface area contributed by atoms with Crippen LogP contribution >= 0.6 is 23.5 Å². The van der Waals surface area contributed by atoms with Gasteiger partial charge in [-0.2, -0.15) is 23.5 Å². The molecule has 8 heteroatoms. The van der Waals surface area contributed by atoms with Crippen molar-refractivity contribution in [2.75, 3.05) is 36.1 Å². The van der Waals surface area contributed by atoms with Crippen LogP contribution in [-0.4, -0.2) is 70.3 Å². The highest BCUT2D eigenvalue weighted by atomic mass is 32.2. The molecule has 0 aromatic carbocycles. The van der Waals surface area contributed by atoms with Gasteiger partial charge in [0.15, 0.2) is 0 Å². The van der Waals surface area contributed by atoms with Crippen molar-refractivity contribution in [1.29, 1.82) is 0 Å². The molecule has 2 atom stereocenters. The molecule has 0 spiro atoms. The predicted octanol–water partition coefficient (Wildman–Crippen LogP) is 0.332. The fraction of sp³-hybridized carbons (Fsp3) is 0.833. The van der Waals surface area contributed by atoms with Crippen molar-refractivity contribution in [1.82, 2.24) is 10.6 Å². The molecule has 0 saturated carbocycles. The smallest absolute Gasteiger partial charge is 0.321 e. The summed E-state index contributed by atoms with van der Waals surface area (Å²) < 4.78 is 0. The number of hydrogen-bond acceptors (Lipinski definition) is 6. The Morgan fingerprint density at radius 3 is 1.60 bits per heavy atom. The van der Waals surface area contributed by atoms with E-state index in [9.17, 15) is 9.59 Å². The average Bonchev–Trinajstić information content (AvgIpc) is 2.40. The Labute approximate surface area is 127 Å². The zero-order chi connectivity index (χ0) is 14.8. The summed E-state index contributed by atoms with van der Waals surface area (Å²) in [6.45, 7) is 0.901. The third-order valence-electron chi connectivity index (χ3n) is 2.90. The summed E-state index contributed by atoms with van der Waals surface area (Å²) in [6, 6.07) is -1.13. The van der Waals surface area contributed by atoms with Crippen molar-refractivity contribution in [2.24, 2.45) is 0 Å². The largest absolute Gasteiger partial charge is 0.480 e. The highest BCUT2D eigenvalue weighted by Crippen LogP contribution is 2.11. The molecule has 20 heavy (non-hydrogen) atoms. The number of hydrogen-bond donors (Lipinski definition) is 4. The van der Waals surface area contributed by atoms with Crippen LogP contribution in [-0.2, 0) is 9.59 Å². The lowest BCUT2D eigenvalue weighted by Gasteiger charge is -2.18. The van der Waals surface area contributed by atoms with E-state index < -0.39 is 24.0 Å². The van der Waals surface area contributed by atoms with Gasteiger partial charge in [0, 0.05) is 24.6 Å². The molecular weight excluding hydrogens is 300 g/mol. The lowest BCUT2D eigenvalue weighted by atomic mass is 10.3. The van der Waals surface area contributed by atoms with Crippen LogP contribution in [0.25, 0.3) is 0 Å². The van der Waals surface area contributed by atoms with Gasteiger partial charge in [0.05, 0.1) is 0 Å². The Balaban J connectivity index is 2.46. The van der Waals surface area contributed by atoms with E-state index in [1.165, 1.54) is 0 Å². The Morgan fingerprint density at radius 2 is 1.25 bits per heavy atom. The quantitative estimate of drug-likeness (QED) is 0.577.